The minimum atomic E-state index is 0. The van der Waals surface area contributed by atoms with Gasteiger partial charge in [0.15, 0.2) is 0 Å². The van der Waals surface area contributed by atoms with Crippen molar-refractivity contribution in [1.82, 2.24) is 30.4 Å². The number of fused-ring (bicyclic) bond motifs is 1. The molecule has 7 nitrogen and oxygen atoms in total. The first-order valence-electron chi connectivity index (χ1n) is 6.55. The van der Waals surface area contributed by atoms with Crippen LogP contribution in [-0.4, -0.2) is 56.7 Å². The number of hydrogen-bond donors (Lipinski definition) is 1. The molecule has 2 saturated heterocycles. The molecule has 2 atom stereocenters. The summed E-state index contributed by atoms with van der Waals surface area (Å²) in [7, 11) is 0. The molecule has 1 N–H and O–H groups in total. The van der Waals surface area contributed by atoms with E-state index in [1.54, 1.807) is 11.0 Å². The van der Waals surface area contributed by atoms with Gasteiger partial charge in [0.25, 0.3) is 0 Å². The summed E-state index contributed by atoms with van der Waals surface area (Å²) in [6.07, 6.45) is 4.11. The van der Waals surface area contributed by atoms with Gasteiger partial charge in [0.2, 0.25) is 5.91 Å². The van der Waals surface area contributed by atoms with Crippen molar-refractivity contribution >= 4 is 18.3 Å². The number of aromatic nitrogens is 4. The maximum Gasteiger partial charge on any atom is 0.222 e. The van der Waals surface area contributed by atoms with Gasteiger partial charge in [-0.2, -0.15) is 0 Å². The SMILES string of the molecule is Cl.O=C(CCCn1cnnn1)N1CC[C@H]2CNC[C@H]21. The van der Waals surface area contributed by atoms with Gasteiger partial charge in [0, 0.05) is 38.6 Å². The van der Waals surface area contributed by atoms with E-state index in [-0.39, 0.29) is 18.3 Å². The average molecular weight is 287 g/mol. The highest BCUT2D eigenvalue weighted by molar-refractivity contribution is 5.85. The normalized spacial score (nSPS) is 25.2. The van der Waals surface area contributed by atoms with Crippen LogP contribution < -0.4 is 5.32 Å². The first-order chi connectivity index (χ1) is 8.84. The van der Waals surface area contributed by atoms with Crippen LogP contribution in [0.4, 0.5) is 0 Å². The molecule has 8 heteroatoms. The minimum Gasteiger partial charge on any atom is -0.338 e. The highest BCUT2D eigenvalue weighted by Crippen LogP contribution is 2.27. The van der Waals surface area contributed by atoms with Crippen molar-refractivity contribution in [3.63, 3.8) is 0 Å². The van der Waals surface area contributed by atoms with Crippen molar-refractivity contribution in [1.29, 1.82) is 0 Å². The lowest BCUT2D eigenvalue weighted by Crippen LogP contribution is -2.39. The Hall–Kier alpha value is -1.21. The number of rotatable bonds is 4. The number of carbonyl (C=O) groups is 1. The molecule has 0 spiro atoms. The number of hydrogen-bond acceptors (Lipinski definition) is 5. The van der Waals surface area contributed by atoms with Crippen molar-refractivity contribution < 1.29 is 4.79 Å². The Morgan fingerprint density at radius 1 is 1.42 bits per heavy atom. The lowest BCUT2D eigenvalue weighted by atomic mass is 10.1. The van der Waals surface area contributed by atoms with Gasteiger partial charge in [-0.15, -0.1) is 17.5 Å². The zero-order valence-corrected chi connectivity index (χ0v) is 11.6. The summed E-state index contributed by atoms with van der Waals surface area (Å²) in [6, 6.07) is 0.436. The van der Waals surface area contributed by atoms with E-state index in [1.165, 1.54) is 0 Å². The zero-order valence-electron chi connectivity index (χ0n) is 10.7. The number of nitrogens with one attached hydrogen (secondary N) is 1. The smallest absolute Gasteiger partial charge is 0.222 e. The zero-order chi connectivity index (χ0) is 12.4. The maximum atomic E-state index is 12.2. The summed E-state index contributed by atoms with van der Waals surface area (Å²) in [5.41, 5.74) is 0. The van der Waals surface area contributed by atoms with Gasteiger partial charge in [0.05, 0.1) is 0 Å². The fraction of sp³-hybridized carbons (Fsp3) is 0.818. The minimum absolute atomic E-state index is 0. The molecule has 19 heavy (non-hydrogen) atoms. The Morgan fingerprint density at radius 3 is 3.11 bits per heavy atom. The topological polar surface area (TPSA) is 75.9 Å². The molecule has 0 unspecified atom stereocenters. The van der Waals surface area contributed by atoms with Crippen LogP contribution in [0.25, 0.3) is 0 Å². The monoisotopic (exact) mass is 286 g/mol. The van der Waals surface area contributed by atoms with E-state index in [0.717, 1.165) is 32.5 Å². The second kappa shape index (κ2) is 6.29. The molecule has 2 aliphatic heterocycles. The van der Waals surface area contributed by atoms with E-state index >= 15 is 0 Å². The van der Waals surface area contributed by atoms with E-state index in [9.17, 15) is 4.79 Å². The predicted molar refractivity (Wildman–Crippen MR) is 70.8 cm³/mol. The summed E-state index contributed by atoms with van der Waals surface area (Å²) in [5, 5.41) is 14.3. The number of aryl methyl sites for hydroxylation is 1. The molecule has 1 aromatic rings. The number of nitrogens with zero attached hydrogens (tertiary/aromatic N) is 5. The van der Waals surface area contributed by atoms with Crippen LogP contribution in [0.5, 0.6) is 0 Å². The van der Waals surface area contributed by atoms with Crippen LogP contribution in [0, 0.1) is 5.92 Å². The summed E-state index contributed by atoms with van der Waals surface area (Å²) >= 11 is 0. The van der Waals surface area contributed by atoms with Crippen molar-refractivity contribution in [2.75, 3.05) is 19.6 Å². The highest BCUT2D eigenvalue weighted by atomic mass is 35.5. The maximum absolute atomic E-state index is 12.2. The van der Waals surface area contributed by atoms with Crippen molar-refractivity contribution in [3.8, 4) is 0 Å². The summed E-state index contributed by atoms with van der Waals surface area (Å²) < 4.78 is 1.66. The molecule has 2 fully saturated rings. The molecule has 0 aromatic carbocycles. The molecule has 1 amide bonds. The molecule has 0 aliphatic carbocycles. The van der Waals surface area contributed by atoms with Crippen LogP contribution in [0.3, 0.4) is 0 Å². The number of amides is 1. The molecule has 0 radical (unpaired) electrons. The lowest BCUT2D eigenvalue weighted by Gasteiger charge is -2.23. The van der Waals surface area contributed by atoms with Gasteiger partial charge in [-0.25, -0.2) is 4.68 Å². The van der Waals surface area contributed by atoms with E-state index in [1.807, 2.05) is 0 Å². The van der Waals surface area contributed by atoms with E-state index in [2.05, 4.69) is 25.7 Å². The molecule has 3 heterocycles. The van der Waals surface area contributed by atoms with Crippen LogP contribution in [0.2, 0.25) is 0 Å². The average Bonchev–Trinajstić information content (AvgIpc) is 3.05. The van der Waals surface area contributed by atoms with Gasteiger partial charge in [0.1, 0.15) is 6.33 Å². The van der Waals surface area contributed by atoms with E-state index in [4.69, 9.17) is 0 Å². The van der Waals surface area contributed by atoms with Gasteiger partial charge >= 0.3 is 0 Å². The van der Waals surface area contributed by atoms with Crippen molar-refractivity contribution in [2.45, 2.75) is 31.8 Å². The fourth-order valence-corrected chi connectivity index (χ4v) is 2.98. The summed E-state index contributed by atoms with van der Waals surface area (Å²) in [5.74, 6) is 0.952. The number of halogens is 1. The molecule has 1 aromatic heterocycles. The third-order valence-electron chi connectivity index (χ3n) is 3.93. The quantitative estimate of drug-likeness (QED) is 0.822. The summed E-state index contributed by atoms with van der Waals surface area (Å²) in [4.78, 5) is 14.2. The molecule has 0 saturated carbocycles. The van der Waals surface area contributed by atoms with Crippen LogP contribution in [0.15, 0.2) is 6.33 Å². The van der Waals surface area contributed by atoms with Gasteiger partial charge in [-0.1, -0.05) is 0 Å². The molecule has 106 valence electrons. The standard InChI is InChI=1S/C11H18N6O.ClH/c18-11(2-1-4-16-8-13-14-15-16)17-5-3-9-6-12-7-10(9)17;/h8-10,12H,1-7H2;1H/t9-,10+;/m0./s1. The first-order valence-corrected chi connectivity index (χ1v) is 6.55. The second-order valence-corrected chi connectivity index (χ2v) is 5.04. The molecule has 2 aliphatic rings. The van der Waals surface area contributed by atoms with Gasteiger partial charge in [-0.05, 0) is 29.2 Å². The van der Waals surface area contributed by atoms with Crippen molar-refractivity contribution in [2.24, 2.45) is 5.92 Å². The van der Waals surface area contributed by atoms with Crippen LogP contribution in [-0.2, 0) is 11.3 Å². The fourth-order valence-electron chi connectivity index (χ4n) is 2.98. The Morgan fingerprint density at radius 2 is 2.32 bits per heavy atom. The second-order valence-electron chi connectivity index (χ2n) is 5.04. The Kier molecular flexibility index (Phi) is 4.71. The van der Waals surface area contributed by atoms with Gasteiger partial charge < -0.3 is 10.2 Å². The number of carbonyl (C=O) groups excluding carboxylic acids is 1. The van der Waals surface area contributed by atoms with Crippen LogP contribution in [0.1, 0.15) is 19.3 Å². The molecular formula is C11H19ClN6O. The third kappa shape index (κ3) is 3.03. The van der Waals surface area contributed by atoms with E-state index in [0.29, 0.717) is 24.9 Å². The predicted octanol–water partition coefficient (Wildman–Crippen LogP) is -0.305. The first kappa shape index (κ1) is 14.2. The number of tetrazole rings is 1. The Bertz CT molecular complexity index is 411. The van der Waals surface area contributed by atoms with Crippen LogP contribution >= 0.6 is 12.4 Å². The third-order valence-corrected chi connectivity index (χ3v) is 3.93. The largest absolute Gasteiger partial charge is 0.338 e. The van der Waals surface area contributed by atoms with Gasteiger partial charge in [-0.3, -0.25) is 4.79 Å². The Labute approximate surface area is 118 Å². The molecule has 0 bridgehead atoms. The molecular weight excluding hydrogens is 268 g/mol. The summed E-state index contributed by atoms with van der Waals surface area (Å²) in [6.45, 7) is 3.67. The highest BCUT2D eigenvalue weighted by Gasteiger charge is 2.39. The molecule has 3 rings (SSSR count). The Balaban J connectivity index is 0.00000133. The lowest BCUT2D eigenvalue weighted by molar-refractivity contribution is -0.132. The number of likely N-dealkylation sites (tertiary alicyclic amines) is 1. The van der Waals surface area contributed by atoms with E-state index < -0.39 is 0 Å². The van der Waals surface area contributed by atoms with Crippen molar-refractivity contribution in [3.05, 3.63) is 6.33 Å².